The number of hydrogen-bond acceptors (Lipinski definition) is 6. The summed E-state index contributed by atoms with van der Waals surface area (Å²) in [5, 5.41) is 1.56. The number of hydrogen-bond donors (Lipinski definition) is 0. The van der Waals surface area contributed by atoms with Gasteiger partial charge in [0.1, 0.15) is 17.1 Å². The molecule has 0 saturated heterocycles. The average Bonchev–Trinajstić information content (AvgIpc) is 2.78. The zero-order valence-electron chi connectivity index (χ0n) is 16.4. The lowest BCUT2D eigenvalue weighted by molar-refractivity contribution is 0.355. The molecule has 0 spiro atoms. The SMILES string of the molecule is COc1ccc2oc(-c3ccc(OC)c(OC)c3)c/c(=N\c3ccccn3)c2c1. The maximum atomic E-state index is 6.17. The van der Waals surface area contributed by atoms with Crippen LogP contribution in [0.25, 0.3) is 22.3 Å². The summed E-state index contributed by atoms with van der Waals surface area (Å²) in [5.74, 6) is 3.27. The Morgan fingerprint density at radius 2 is 1.69 bits per heavy atom. The number of ether oxygens (including phenoxy) is 3. The zero-order chi connectivity index (χ0) is 20.2. The second-order valence-corrected chi connectivity index (χ2v) is 6.23. The van der Waals surface area contributed by atoms with Crippen molar-refractivity contribution in [1.82, 2.24) is 4.98 Å². The van der Waals surface area contributed by atoms with Crippen LogP contribution >= 0.6 is 0 Å². The maximum absolute atomic E-state index is 6.17. The fourth-order valence-electron chi connectivity index (χ4n) is 3.04. The van der Waals surface area contributed by atoms with Gasteiger partial charge in [-0.2, -0.15) is 0 Å². The van der Waals surface area contributed by atoms with Gasteiger partial charge in [-0.25, -0.2) is 9.98 Å². The van der Waals surface area contributed by atoms with Crippen molar-refractivity contribution >= 4 is 16.8 Å². The molecule has 4 aromatic rings. The van der Waals surface area contributed by atoms with E-state index in [1.54, 1.807) is 27.5 Å². The molecule has 4 rings (SSSR count). The van der Waals surface area contributed by atoms with E-state index < -0.39 is 0 Å². The van der Waals surface area contributed by atoms with Crippen LogP contribution in [0, 0.1) is 0 Å². The van der Waals surface area contributed by atoms with Crippen LogP contribution in [-0.4, -0.2) is 26.3 Å². The van der Waals surface area contributed by atoms with Crippen LogP contribution in [0.2, 0.25) is 0 Å². The molecule has 0 aliphatic rings. The van der Waals surface area contributed by atoms with Crippen molar-refractivity contribution in [3.63, 3.8) is 0 Å². The summed E-state index contributed by atoms with van der Waals surface area (Å²) in [7, 11) is 4.84. The molecule has 29 heavy (non-hydrogen) atoms. The number of nitrogens with zero attached hydrogens (tertiary/aromatic N) is 2. The second kappa shape index (κ2) is 8.06. The van der Waals surface area contributed by atoms with E-state index in [1.165, 1.54) is 0 Å². The van der Waals surface area contributed by atoms with Gasteiger partial charge >= 0.3 is 0 Å². The molecule has 0 unspecified atom stereocenters. The van der Waals surface area contributed by atoms with Crippen LogP contribution in [0.15, 0.2) is 76.3 Å². The average molecular weight is 388 g/mol. The molecule has 0 aliphatic carbocycles. The number of pyridine rings is 1. The Labute approximate surface area is 168 Å². The third-order valence-electron chi connectivity index (χ3n) is 4.50. The van der Waals surface area contributed by atoms with Gasteiger partial charge in [-0.3, -0.25) is 0 Å². The molecule has 0 fully saturated rings. The van der Waals surface area contributed by atoms with Gasteiger partial charge in [0.25, 0.3) is 0 Å². The predicted molar refractivity (Wildman–Crippen MR) is 111 cm³/mol. The molecule has 2 heterocycles. The lowest BCUT2D eigenvalue weighted by Gasteiger charge is -2.10. The van der Waals surface area contributed by atoms with Gasteiger partial charge in [0.15, 0.2) is 17.3 Å². The molecular weight excluding hydrogens is 368 g/mol. The maximum Gasteiger partial charge on any atom is 0.161 e. The number of benzene rings is 2. The molecule has 6 nitrogen and oxygen atoms in total. The van der Waals surface area contributed by atoms with Crippen LogP contribution in [-0.2, 0) is 0 Å². The molecule has 0 bridgehead atoms. The molecule has 146 valence electrons. The van der Waals surface area contributed by atoms with Gasteiger partial charge < -0.3 is 18.6 Å². The van der Waals surface area contributed by atoms with Crippen molar-refractivity contribution in [2.24, 2.45) is 4.99 Å². The highest BCUT2D eigenvalue weighted by atomic mass is 16.5. The summed E-state index contributed by atoms with van der Waals surface area (Å²) in [6.45, 7) is 0. The number of rotatable bonds is 5. The Balaban J connectivity index is 1.96. The minimum Gasteiger partial charge on any atom is -0.497 e. The zero-order valence-corrected chi connectivity index (χ0v) is 16.4. The third kappa shape index (κ3) is 3.78. The van der Waals surface area contributed by atoms with Crippen LogP contribution in [0.4, 0.5) is 5.82 Å². The molecule has 0 aliphatic heterocycles. The van der Waals surface area contributed by atoms with Gasteiger partial charge in [0, 0.05) is 23.2 Å². The molecule has 2 aromatic heterocycles. The highest BCUT2D eigenvalue weighted by Crippen LogP contribution is 2.33. The normalized spacial score (nSPS) is 11.5. The number of methoxy groups -OCH3 is 3. The van der Waals surface area contributed by atoms with Gasteiger partial charge in [0.05, 0.1) is 26.7 Å². The summed E-state index contributed by atoms with van der Waals surface area (Å²) in [6, 6.07) is 18.8. The first kappa shape index (κ1) is 18.6. The molecule has 2 aromatic carbocycles. The minimum absolute atomic E-state index is 0.612. The Kier molecular flexibility index (Phi) is 5.16. The van der Waals surface area contributed by atoms with Crippen LogP contribution in [0.5, 0.6) is 17.2 Å². The van der Waals surface area contributed by atoms with E-state index in [1.807, 2.05) is 60.7 Å². The van der Waals surface area contributed by atoms with E-state index in [4.69, 9.17) is 23.6 Å². The predicted octanol–water partition coefficient (Wildman–Crippen LogP) is 4.75. The van der Waals surface area contributed by atoms with E-state index in [-0.39, 0.29) is 0 Å². The van der Waals surface area contributed by atoms with Gasteiger partial charge in [-0.15, -0.1) is 0 Å². The van der Waals surface area contributed by atoms with E-state index in [0.717, 1.165) is 22.1 Å². The number of aromatic nitrogens is 1. The fourth-order valence-corrected chi connectivity index (χ4v) is 3.04. The van der Waals surface area contributed by atoms with E-state index >= 15 is 0 Å². The van der Waals surface area contributed by atoms with Crippen molar-refractivity contribution in [3.05, 3.63) is 72.2 Å². The van der Waals surface area contributed by atoms with Gasteiger partial charge in [-0.1, -0.05) is 6.07 Å². The van der Waals surface area contributed by atoms with E-state index in [2.05, 4.69) is 4.98 Å². The lowest BCUT2D eigenvalue weighted by Crippen LogP contribution is -2.04. The standard InChI is InChI=1S/C23H20N2O4/c1-26-16-8-10-19-17(13-16)18(25-23-6-4-5-11-24-23)14-21(29-19)15-7-9-20(27-2)22(12-15)28-3/h4-14H,1-3H3/b25-18+. The minimum atomic E-state index is 0.612. The highest BCUT2D eigenvalue weighted by Gasteiger charge is 2.11. The molecular formula is C23H20N2O4. The molecule has 0 amide bonds. The van der Waals surface area contributed by atoms with E-state index in [9.17, 15) is 0 Å². The largest absolute Gasteiger partial charge is 0.497 e. The summed E-state index contributed by atoms with van der Waals surface area (Å²) >= 11 is 0. The Bertz CT molecular complexity index is 1220. The van der Waals surface area contributed by atoms with Crippen molar-refractivity contribution in [2.45, 2.75) is 0 Å². The van der Waals surface area contributed by atoms with Gasteiger partial charge in [0.2, 0.25) is 0 Å². The summed E-state index contributed by atoms with van der Waals surface area (Å²) in [6.07, 6.45) is 1.71. The molecule has 0 atom stereocenters. The smallest absolute Gasteiger partial charge is 0.161 e. The van der Waals surface area contributed by atoms with Crippen molar-refractivity contribution in [3.8, 4) is 28.6 Å². The topological polar surface area (TPSA) is 66.1 Å². The fraction of sp³-hybridized carbons (Fsp3) is 0.130. The van der Waals surface area contributed by atoms with Crippen LogP contribution in [0.3, 0.4) is 0 Å². The highest BCUT2D eigenvalue weighted by molar-refractivity contribution is 5.80. The monoisotopic (exact) mass is 388 g/mol. The summed E-state index contributed by atoms with van der Waals surface area (Å²) in [4.78, 5) is 9.04. The Morgan fingerprint density at radius 1 is 0.828 bits per heavy atom. The van der Waals surface area contributed by atoms with Gasteiger partial charge in [-0.05, 0) is 48.5 Å². The van der Waals surface area contributed by atoms with Crippen molar-refractivity contribution < 1.29 is 18.6 Å². The molecule has 0 saturated carbocycles. The third-order valence-corrected chi connectivity index (χ3v) is 4.50. The summed E-state index contributed by atoms with van der Waals surface area (Å²) < 4.78 is 22.3. The van der Waals surface area contributed by atoms with Crippen molar-refractivity contribution in [2.75, 3.05) is 21.3 Å². The number of fused-ring (bicyclic) bond motifs is 1. The molecule has 0 radical (unpaired) electrons. The summed E-state index contributed by atoms with van der Waals surface area (Å²) in [5.41, 5.74) is 1.53. The van der Waals surface area contributed by atoms with Crippen LogP contribution < -0.4 is 19.6 Å². The lowest BCUT2D eigenvalue weighted by atomic mass is 10.1. The second-order valence-electron chi connectivity index (χ2n) is 6.23. The Morgan fingerprint density at radius 3 is 2.41 bits per heavy atom. The first-order valence-corrected chi connectivity index (χ1v) is 9.02. The molecule has 6 heteroatoms. The molecule has 0 N–H and O–H groups in total. The van der Waals surface area contributed by atoms with Crippen molar-refractivity contribution in [1.29, 1.82) is 0 Å². The van der Waals surface area contributed by atoms with E-state index in [0.29, 0.717) is 28.7 Å². The first-order valence-electron chi connectivity index (χ1n) is 9.02. The van der Waals surface area contributed by atoms with Crippen LogP contribution in [0.1, 0.15) is 0 Å². The Hall–Kier alpha value is -3.80. The first-order chi connectivity index (χ1) is 14.2. The quantitative estimate of drug-likeness (QED) is 0.493.